The molecule has 1 aliphatic rings. The minimum Gasteiger partial charge on any atom is -0.341 e. The van der Waals surface area contributed by atoms with E-state index in [9.17, 15) is 4.79 Å². The van der Waals surface area contributed by atoms with Crippen LogP contribution in [0.5, 0.6) is 0 Å². The fourth-order valence-electron chi connectivity index (χ4n) is 2.98. The van der Waals surface area contributed by atoms with E-state index in [-0.39, 0.29) is 5.91 Å². The molecule has 3 nitrogen and oxygen atoms in total. The Balaban J connectivity index is 1.85. The number of carbonyl (C=O) groups excluding carboxylic acids is 1. The van der Waals surface area contributed by atoms with Gasteiger partial charge >= 0.3 is 0 Å². The van der Waals surface area contributed by atoms with Gasteiger partial charge in [-0.3, -0.25) is 4.79 Å². The van der Waals surface area contributed by atoms with Crippen molar-refractivity contribution in [2.75, 3.05) is 13.1 Å². The molecule has 1 amide bonds. The van der Waals surface area contributed by atoms with E-state index >= 15 is 0 Å². The predicted octanol–water partition coefficient (Wildman–Crippen LogP) is 2.45. The molecular weight excluding hydrogens is 248 g/mol. The molecule has 0 aromatic heterocycles. The summed E-state index contributed by atoms with van der Waals surface area (Å²) in [6, 6.07) is 9.60. The number of nitrogens with two attached hydrogens (primary N) is 1. The molecule has 3 heteroatoms. The minimum absolute atomic E-state index is 0.107. The third-order valence-electron chi connectivity index (χ3n) is 4.41. The van der Waals surface area contributed by atoms with Crippen LogP contribution in [0.25, 0.3) is 0 Å². The van der Waals surface area contributed by atoms with Gasteiger partial charge in [0.05, 0.1) is 6.04 Å². The Morgan fingerprint density at radius 1 is 1.25 bits per heavy atom. The Hall–Kier alpha value is -1.35. The lowest BCUT2D eigenvalue weighted by molar-refractivity contribution is -0.134. The summed E-state index contributed by atoms with van der Waals surface area (Å²) in [6.07, 6.45) is 2.85. The van der Waals surface area contributed by atoms with Gasteiger partial charge in [-0.25, -0.2) is 0 Å². The summed E-state index contributed by atoms with van der Waals surface area (Å²) in [4.78, 5) is 14.3. The van der Waals surface area contributed by atoms with E-state index in [0.717, 1.165) is 37.4 Å². The van der Waals surface area contributed by atoms with E-state index in [0.29, 0.717) is 12.3 Å². The molecule has 20 heavy (non-hydrogen) atoms. The molecule has 0 unspecified atom stereocenters. The summed E-state index contributed by atoms with van der Waals surface area (Å²) in [7, 11) is 0. The van der Waals surface area contributed by atoms with E-state index in [1.54, 1.807) is 0 Å². The highest BCUT2D eigenvalue weighted by atomic mass is 16.2. The maximum atomic E-state index is 12.4. The second-order valence-corrected chi connectivity index (χ2v) is 6.20. The van der Waals surface area contributed by atoms with E-state index in [2.05, 4.69) is 13.8 Å². The number of carbonyl (C=O) groups is 1. The van der Waals surface area contributed by atoms with Crippen molar-refractivity contribution in [3.05, 3.63) is 35.9 Å². The molecule has 0 saturated carbocycles. The summed E-state index contributed by atoms with van der Waals surface area (Å²) < 4.78 is 0. The van der Waals surface area contributed by atoms with Gasteiger partial charge in [0.1, 0.15) is 0 Å². The van der Waals surface area contributed by atoms with Gasteiger partial charge in [-0.1, -0.05) is 44.2 Å². The first kappa shape index (κ1) is 15.0. The van der Waals surface area contributed by atoms with E-state index in [1.807, 2.05) is 35.2 Å². The van der Waals surface area contributed by atoms with Gasteiger partial charge in [-0.15, -0.1) is 0 Å². The lowest BCUT2D eigenvalue weighted by atomic mass is 9.86. The van der Waals surface area contributed by atoms with Crippen LogP contribution >= 0.6 is 0 Å². The van der Waals surface area contributed by atoms with Crippen molar-refractivity contribution in [3.8, 4) is 0 Å². The highest BCUT2D eigenvalue weighted by molar-refractivity contribution is 5.82. The number of hydrogen-bond donors (Lipinski definition) is 1. The van der Waals surface area contributed by atoms with Crippen molar-refractivity contribution >= 4 is 5.91 Å². The molecule has 1 saturated heterocycles. The topological polar surface area (TPSA) is 46.3 Å². The highest BCUT2D eigenvalue weighted by Crippen LogP contribution is 2.24. The normalized spacial score (nSPS) is 18.3. The largest absolute Gasteiger partial charge is 0.341 e. The zero-order valence-electron chi connectivity index (χ0n) is 12.6. The number of hydrogen-bond acceptors (Lipinski definition) is 2. The molecule has 110 valence electrons. The molecule has 1 fully saturated rings. The van der Waals surface area contributed by atoms with Gasteiger partial charge in [0.15, 0.2) is 0 Å². The first-order valence-electron chi connectivity index (χ1n) is 7.66. The summed E-state index contributed by atoms with van der Waals surface area (Å²) in [5, 5.41) is 0. The summed E-state index contributed by atoms with van der Waals surface area (Å²) in [5.74, 6) is 1.57. The van der Waals surface area contributed by atoms with Crippen LogP contribution in [0, 0.1) is 11.8 Å². The van der Waals surface area contributed by atoms with Crippen LogP contribution in [0.3, 0.4) is 0 Å². The van der Waals surface area contributed by atoms with Gasteiger partial charge in [0.2, 0.25) is 5.91 Å². The maximum Gasteiger partial charge on any atom is 0.239 e. The number of piperidine rings is 1. The summed E-state index contributed by atoms with van der Waals surface area (Å²) >= 11 is 0. The van der Waals surface area contributed by atoms with Gasteiger partial charge in [0, 0.05) is 13.1 Å². The predicted molar refractivity (Wildman–Crippen MR) is 82.3 cm³/mol. The minimum atomic E-state index is -0.409. The van der Waals surface area contributed by atoms with Crippen molar-refractivity contribution < 1.29 is 4.79 Å². The van der Waals surface area contributed by atoms with Crippen LogP contribution in [0.4, 0.5) is 0 Å². The van der Waals surface area contributed by atoms with Gasteiger partial charge < -0.3 is 10.6 Å². The number of rotatable bonds is 4. The lowest BCUT2D eigenvalue weighted by Crippen LogP contribution is -2.48. The molecular formula is C17H26N2O. The Labute approximate surface area is 122 Å². The Kier molecular flexibility index (Phi) is 5.18. The molecule has 2 N–H and O–H groups in total. The molecule has 1 aromatic rings. The molecule has 0 spiro atoms. The van der Waals surface area contributed by atoms with Crippen LogP contribution in [-0.4, -0.2) is 29.9 Å². The van der Waals surface area contributed by atoms with Crippen molar-refractivity contribution in [1.29, 1.82) is 0 Å². The van der Waals surface area contributed by atoms with Crippen LogP contribution in [0.2, 0.25) is 0 Å². The first-order valence-corrected chi connectivity index (χ1v) is 7.66. The molecule has 2 rings (SSSR count). The van der Waals surface area contributed by atoms with E-state index in [1.165, 1.54) is 0 Å². The smallest absolute Gasteiger partial charge is 0.239 e. The third kappa shape index (κ3) is 3.83. The zero-order chi connectivity index (χ0) is 14.5. The Morgan fingerprint density at radius 3 is 2.40 bits per heavy atom. The second-order valence-electron chi connectivity index (χ2n) is 6.20. The summed E-state index contributed by atoms with van der Waals surface area (Å²) in [5.41, 5.74) is 7.21. The molecule has 1 heterocycles. The molecule has 1 aliphatic heterocycles. The Bertz CT molecular complexity index is 422. The molecule has 0 radical (unpaired) electrons. The maximum absolute atomic E-state index is 12.4. The van der Waals surface area contributed by atoms with Crippen molar-refractivity contribution in [2.24, 2.45) is 17.6 Å². The average molecular weight is 274 g/mol. The molecule has 0 aliphatic carbocycles. The van der Waals surface area contributed by atoms with Crippen LogP contribution in [0.1, 0.15) is 32.3 Å². The quantitative estimate of drug-likeness (QED) is 0.916. The number of benzene rings is 1. The fraction of sp³-hybridized carbons (Fsp3) is 0.588. The first-order chi connectivity index (χ1) is 9.58. The lowest BCUT2D eigenvalue weighted by Gasteiger charge is -2.35. The third-order valence-corrected chi connectivity index (χ3v) is 4.41. The number of amides is 1. The van der Waals surface area contributed by atoms with Gasteiger partial charge in [-0.2, -0.15) is 0 Å². The number of nitrogens with zero attached hydrogens (tertiary/aromatic N) is 1. The van der Waals surface area contributed by atoms with Crippen molar-refractivity contribution in [1.82, 2.24) is 4.90 Å². The summed E-state index contributed by atoms with van der Waals surface area (Å²) in [6.45, 7) is 6.26. The molecule has 1 aromatic carbocycles. The van der Waals surface area contributed by atoms with Crippen LogP contribution in [-0.2, 0) is 11.2 Å². The van der Waals surface area contributed by atoms with Crippen molar-refractivity contribution in [3.63, 3.8) is 0 Å². The van der Waals surface area contributed by atoms with Gasteiger partial charge in [0.25, 0.3) is 0 Å². The molecule has 0 bridgehead atoms. The fourth-order valence-corrected chi connectivity index (χ4v) is 2.98. The zero-order valence-corrected chi connectivity index (χ0v) is 12.6. The standard InChI is InChI=1S/C17H26N2O/c1-13(2)15-8-10-19(11-9-15)17(20)16(18)12-14-6-4-3-5-7-14/h3-7,13,15-16H,8-12,18H2,1-2H3/t16-/m0/s1. The van der Waals surface area contributed by atoms with E-state index < -0.39 is 6.04 Å². The van der Waals surface area contributed by atoms with Crippen LogP contribution < -0.4 is 5.73 Å². The Morgan fingerprint density at radius 2 is 1.85 bits per heavy atom. The van der Waals surface area contributed by atoms with Gasteiger partial charge in [-0.05, 0) is 36.7 Å². The monoisotopic (exact) mass is 274 g/mol. The van der Waals surface area contributed by atoms with Crippen LogP contribution in [0.15, 0.2) is 30.3 Å². The number of likely N-dealkylation sites (tertiary alicyclic amines) is 1. The second kappa shape index (κ2) is 6.89. The molecule has 1 atom stereocenters. The highest BCUT2D eigenvalue weighted by Gasteiger charge is 2.27. The van der Waals surface area contributed by atoms with E-state index in [4.69, 9.17) is 5.73 Å². The SMILES string of the molecule is CC(C)C1CCN(C(=O)[C@@H](N)Cc2ccccc2)CC1. The average Bonchev–Trinajstić information content (AvgIpc) is 2.47. The van der Waals surface area contributed by atoms with Crippen molar-refractivity contribution in [2.45, 2.75) is 39.2 Å².